The second-order valence-electron chi connectivity index (χ2n) is 5.26. The third-order valence-corrected chi connectivity index (χ3v) is 4.44. The zero-order valence-corrected chi connectivity index (χ0v) is 11.1. The molecular weight excluding hydrogens is 271 g/mol. The first kappa shape index (κ1) is 12.1. The third-order valence-electron chi connectivity index (χ3n) is 3.83. The van der Waals surface area contributed by atoms with Crippen LogP contribution in [-0.4, -0.2) is 10.7 Å². The van der Waals surface area contributed by atoms with Crippen molar-refractivity contribution in [1.82, 2.24) is 0 Å². The fourth-order valence-corrected chi connectivity index (χ4v) is 2.41. The van der Waals surface area contributed by atoms with Crippen LogP contribution in [0.25, 0.3) is 0 Å². The zero-order valence-electron chi connectivity index (χ0n) is 9.56. The van der Waals surface area contributed by atoms with Gasteiger partial charge in [0.15, 0.2) is 0 Å². The maximum Gasteiger partial charge on any atom is 0.137 e. The monoisotopic (exact) mass is 286 g/mol. The zero-order chi connectivity index (χ0) is 12.0. The predicted octanol–water partition coefficient (Wildman–Crippen LogP) is 3.68. The maximum atomic E-state index is 13.1. The summed E-state index contributed by atoms with van der Waals surface area (Å²) in [6, 6.07) is 4.92. The second-order valence-corrected chi connectivity index (χ2v) is 6.11. The maximum absolute atomic E-state index is 13.1. The van der Waals surface area contributed by atoms with Gasteiger partial charge in [-0.1, -0.05) is 13.0 Å². The van der Waals surface area contributed by atoms with E-state index in [4.69, 9.17) is 0 Å². The first-order valence-electron chi connectivity index (χ1n) is 5.50. The molecule has 1 N–H and O–H groups in total. The van der Waals surface area contributed by atoms with Gasteiger partial charge in [0.05, 0.1) is 10.1 Å². The van der Waals surface area contributed by atoms with Crippen LogP contribution in [0.5, 0.6) is 0 Å². The van der Waals surface area contributed by atoms with Gasteiger partial charge in [-0.2, -0.15) is 0 Å². The lowest BCUT2D eigenvalue weighted by Gasteiger charge is -2.30. The number of halogens is 2. The Bertz CT molecular complexity index is 410. The van der Waals surface area contributed by atoms with Crippen molar-refractivity contribution in [2.45, 2.75) is 38.7 Å². The minimum absolute atomic E-state index is 0.0356. The molecule has 16 heavy (non-hydrogen) atoms. The highest BCUT2D eigenvalue weighted by Crippen LogP contribution is 2.54. The summed E-state index contributed by atoms with van der Waals surface area (Å²) < 4.78 is 13.5. The lowest BCUT2D eigenvalue weighted by molar-refractivity contribution is -0.00704. The highest BCUT2D eigenvalue weighted by atomic mass is 79.9. The molecule has 0 bridgehead atoms. The summed E-state index contributed by atoms with van der Waals surface area (Å²) in [6.45, 7) is 3.98. The predicted molar refractivity (Wildman–Crippen MR) is 65.8 cm³/mol. The SMILES string of the molecule is CC(O)(Cc1ccc(F)c(Br)c1)C1(C)CC1. The third kappa shape index (κ3) is 2.16. The van der Waals surface area contributed by atoms with Crippen molar-refractivity contribution in [1.29, 1.82) is 0 Å². The van der Waals surface area contributed by atoms with Crippen LogP contribution >= 0.6 is 15.9 Å². The molecule has 1 aromatic rings. The molecule has 88 valence electrons. The molecule has 0 radical (unpaired) electrons. The van der Waals surface area contributed by atoms with Gasteiger partial charge in [-0.05, 0) is 58.8 Å². The highest BCUT2D eigenvalue weighted by molar-refractivity contribution is 9.10. The summed E-state index contributed by atoms with van der Waals surface area (Å²) in [6.07, 6.45) is 2.72. The quantitative estimate of drug-likeness (QED) is 0.899. The molecule has 0 saturated heterocycles. The average molecular weight is 287 g/mol. The first-order chi connectivity index (χ1) is 7.34. The van der Waals surface area contributed by atoms with Crippen molar-refractivity contribution in [2.24, 2.45) is 5.41 Å². The van der Waals surface area contributed by atoms with E-state index in [1.165, 1.54) is 6.07 Å². The van der Waals surface area contributed by atoms with Crippen molar-refractivity contribution in [3.05, 3.63) is 34.1 Å². The molecule has 0 aromatic heterocycles. The molecule has 1 nitrogen and oxygen atoms in total. The molecule has 0 heterocycles. The van der Waals surface area contributed by atoms with Crippen molar-refractivity contribution in [3.8, 4) is 0 Å². The van der Waals surface area contributed by atoms with E-state index in [0.717, 1.165) is 18.4 Å². The van der Waals surface area contributed by atoms with E-state index in [-0.39, 0.29) is 11.2 Å². The van der Waals surface area contributed by atoms with Gasteiger partial charge in [0.1, 0.15) is 5.82 Å². The topological polar surface area (TPSA) is 20.2 Å². The molecule has 1 aromatic carbocycles. The number of rotatable bonds is 3. The Kier molecular flexibility index (Phi) is 2.87. The van der Waals surface area contributed by atoms with Crippen molar-refractivity contribution >= 4 is 15.9 Å². The molecule has 1 atom stereocenters. The molecule has 0 aliphatic heterocycles. The minimum Gasteiger partial charge on any atom is -0.389 e. The molecule has 1 unspecified atom stereocenters. The molecule has 0 spiro atoms. The Balaban J connectivity index is 2.17. The van der Waals surface area contributed by atoms with Crippen LogP contribution in [0.1, 0.15) is 32.3 Å². The summed E-state index contributed by atoms with van der Waals surface area (Å²) in [4.78, 5) is 0. The van der Waals surface area contributed by atoms with Gasteiger partial charge in [-0.25, -0.2) is 4.39 Å². The van der Waals surface area contributed by atoms with Gasteiger partial charge >= 0.3 is 0 Å². The van der Waals surface area contributed by atoms with E-state index >= 15 is 0 Å². The Morgan fingerprint density at radius 2 is 2.12 bits per heavy atom. The van der Waals surface area contributed by atoms with Gasteiger partial charge < -0.3 is 5.11 Å². The standard InChI is InChI=1S/C13H16BrFO/c1-12(5-6-12)13(2,16)8-9-3-4-11(15)10(14)7-9/h3-4,7,16H,5-6,8H2,1-2H3. The second kappa shape index (κ2) is 3.81. The summed E-state index contributed by atoms with van der Waals surface area (Å²) in [7, 11) is 0. The number of hydrogen-bond donors (Lipinski definition) is 1. The lowest BCUT2D eigenvalue weighted by Crippen LogP contribution is -2.36. The molecule has 1 aliphatic carbocycles. The Hall–Kier alpha value is -0.410. The van der Waals surface area contributed by atoms with Crippen LogP contribution in [0.15, 0.2) is 22.7 Å². The fraction of sp³-hybridized carbons (Fsp3) is 0.538. The van der Waals surface area contributed by atoms with E-state index in [9.17, 15) is 9.50 Å². The Morgan fingerprint density at radius 3 is 2.62 bits per heavy atom. The first-order valence-corrected chi connectivity index (χ1v) is 6.30. The molecular formula is C13H16BrFO. The molecule has 3 heteroatoms. The van der Waals surface area contributed by atoms with E-state index in [1.807, 2.05) is 6.92 Å². The minimum atomic E-state index is -0.704. The van der Waals surface area contributed by atoms with Gasteiger partial charge in [-0.3, -0.25) is 0 Å². The normalized spacial score (nSPS) is 21.6. The fourth-order valence-electron chi connectivity index (χ4n) is 1.99. The Labute approximate surface area is 104 Å². The van der Waals surface area contributed by atoms with E-state index < -0.39 is 5.60 Å². The molecule has 1 saturated carbocycles. The number of hydrogen-bond acceptors (Lipinski definition) is 1. The lowest BCUT2D eigenvalue weighted by atomic mass is 9.82. The van der Waals surface area contributed by atoms with Crippen molar-refractivity contribution in [3.63, 3.8) is 0 Å². The average Bonchev–Trinajstić information content (AvgIpc) is 2.91. The van der Waals surface area contributed by atoms with Crippen molar-refractivity contribution in [2.75, 3.05) is 0 Å². The van der Waals surface area contributed by atoms with Gasteiger partial charge in [0.25, 0.3) is 0 Å². The summed E-state index contributed by atoms with van der Waals surface area (Å²) >= 11 is 3.16. The van der Waals surface area contributed by atoms with Gasteiger partial charge in [-0.15, -0.1) is 0 Å². The highest BCUT2D eigenvalue weighted by Gasteiger charge is 2.51. The summed E-state index contributed by atoms with van der Waals surface area (Å²) in [5, 5.41) is 10.4. The van der Waals surface area contributed by atoms with Crippen LogP contribution in [0.2, 0.25) is 0 Å². The van der Waals surface area contributed by atoms with Gasteiger partial charge in [0, 0.05) is 6.42 Å². The van der Waals surface area contributed by atoms with E-state index in [0.29, 0.717) is 10.9 Å². The van der Waals surface area contributed by atoms with Crippen LogP contribution in [-0.2, 0) is 6.42 Å². The van der Waals surface area contributed by atoms with E-state index in [1.54, 1.807) is 12.1 Å². The van der Waals surface area contributed by atoms with Gasteiger partial charge in [0.2, 0.25) is 0 Å². The van der Waals surface area contributed by atoms with Crippen molar-refractivity contribution < 1.29 is 9.50 Å². The molecule has 0 amide bonds. The smallest absolute Gasteiger partial charge is 0.137 e. The van der Waals surface area contributed by atoms with E-state index in [2.05, 4.69) is 22.9 Å². The largest absolute Gasteiger partial charge is 0.389 e. The summed E-state index contributed by atoms with van der Waals surface area (Å²) in [5.41, 5.74) is 0.296. The number of benzene rings is 1. The molecule has 1 aliphatic rings. The summed E-state index contributed by atoms with van der Waals surface area (Å²) in [5.74, 6) is -0.263. The molecule has 2 rings (SSSR count). The molecule has 1 fully saturated rings. The van der Waals surface area contributed by atoms with Crippen LogP contribution in [0, 0.1) is 11.2 Å². The Morgan fingerprint density at radius 1 is 1.50 bits per heavy atom. The van der Waals surface area contributed by atoms with Crippen LogP contribution in [0.4, 0.5) is 4.39 Å². The van der Waals surface area contributed by atoms with Crippen LogP contribution < -0.4 is 0 Å². The number of aliphatic hydroxyl groups is 1. The van der Waals surface area contributed by atoms with Crippen LogP contribution in [0.3, 0.4) is 0 Å².